The molecule has 0 atom stereocenters. The highest BCUT2D eigenvalue weighted by Crippen LogP contribution is 2.28. The van der Waals surface area contributed by atoms with Gasteiger partial charge in [-0.3, -0.25) is 4.79 Å². The second-order valence-corrected chi connectivity index (χ2v) is 6.36. The average Bonchev–Trinajstić information content (AvgIpc) is 2.60. The van der Waals surface area contributed by atoms with Crippen LogP contribution in [0.1, 0.15) is 34.8 Å². The van der Waals surface area contributed by atoms with Crippen molar-refractivity contribution in [2.75, 3.05) is 13.6 Å². The van der Waals surface area contributed by atoms with Gasteiger partial charge >= 0.3 is 0 Å². The normalized spacial score (nSPS) is 11.1. The Morgan fingerprint density at radius 3 is 2.72 bits per heavy atom. The van der Waals surface area contributed by atoms with Gasteiger partial charge in [0.25, 0.3) is 0 Å². The first-order chi connectivity index (χ1) is 11.9. The van der Waals surface area contributed by atoms with Gasteiger partial charge in [-0.05, 0) is 49.6 Å². The molecule has 5 heteroatoms. The van der Waals surface area contributed by atoms with Gasteiger partial charge in [0, 0.05) is 25.6 Å². The van der Waals surface area contributed by atoms with Gasteiger partial charge in [-0.2, -0.15) is 0 Å². The number of nitrogens with zero attached hydrogens (tertiary/aromatic N) is 2. The molecule has 0 amide bonds. The highest BCUT2D eigenvalue weighted by molar-refractivity contribution is 6.34. The van der Waals surface area contributed by atoms with E-state index < -0.39 is 0 Å². The molecule has 132 valence electrons. The molecule has 0 aliphatic heterocycles. The molecular formula is C20H22ClFN2O. The van der Waals surface area contributed by atoms with E-state index in [9.17, 15) is 9.18 Å². The maximum atomic E-state index is 13.7. The van der Waals surface area contributed by atoms with Crippen molar-refractivity contribution in [1.82, 2.24) is 4.90 Å². The molecule has 0 unspecified atom stereocenters. The van der Waals surface area contributed by atoms with Crippen LogP contribution in [0.15, 0.2) is 41.4 Å². The number of hydrogen-bond donors (Lipinski definition) is 0. The van der Waals surface area contributed by atoms with E-state index in [1.54, 1.807) is 36.7 Å². The molecule has 0 radical (unpaired) electrons. The molecular weight excluding hydrogens is 339 g/mol. The van der Waals surface area contributed by atoms with E-state index in [-0.39, 0.29) is 18.0 Å². The van der Waals surface area contributed by atoms with E-state index in [0.717, 1.165) is 17.8 Å². The Kier molecular flexibility index (Phi) is 6.71. The Morgan fingerprint density at radius 2 is 2.04 bits per heavy atom. The summed E-state index contributed by atoms with van der Waals surface area (Å²) in [6, 6.07) is 9.95. The fourth-order valence-electron chi connectivity index (χ4n) is 2.35. The molecule has 0 heterocycles. The summed E-state index contributed by atoms with van der Waals surface area (Å²) in [6.45, 7) is 4.77. The molecule has 25 heavy (non-hydrogen) atoms. The Balaban J connectivity index is 2.13. The Bertz CT molecular complexity index is 789. The summed E-state index contributed by atoms with van der Waals surface area (Å²) in [7, 11) is 1.93. The highest BCUT2D eigenvalue weighted by atomic mass is 35.5. The number of rotatable bonds is 7. The number of aliphatic imine (C=N–C) groups is 1. The lowest BCUT2D eigenvalue weighted by atomic mass is 10.0. The second-order valence-electron chi connectivity index (χ2n) is 5.95. The minimum Gasteiger partial charge on any atom is -0.366 e. The SMILES string of the molecule is CCN(C)/C=N\c1cc(Cl)c(C(=O)CCc2ccccc2F)cc1C. The number of halogens is 2. The van der Waals surface area contributed by atoms with Gasteiger partial charge < -0.3 is 4.90 Å². The van der Waals surface area contributed by atoms with E-state index in [1.807, 2.05) is 25.8 Å². The number of ketones is 1. The van der Waals surface area contributed by atoms with Crippen LogP contribution in [0.4, 0.5) is 10.1 Å². The van der Waals surface area contributed by atoms with Crippen LogP contribution in [0.2, 0.25) is 5.02 Å². The number of hydrogen-bond acceptors (Lipinski definition) is 2. The molecule has 0 bridgehead atoms. The fourth-order valence-corrected chi connectivity index (χ4v) is 2.61. The Hall–Kier alpha value is -2.20. The van der Waals surface area contributed by atoms with Crippen LogP contribution in [0, 0.1) is 12.7 Å². The monoisotopic (exact) mass is 360 g/mol. The first kappa shape index (κ1) is 19.1. The summed E-state index contributed by atoms with van der Waals surface area (Å²) < 4.78 is 13.7. The summed E-state index contributed by atoms with van der Waals surface area (Å²) >= 11 is 6.28. The van der Waals surface area contributed by atoms with Gasteiger partial charge in [-0.25, -0.2) is 9.38 Å². The molecule has 0 saturated heterocycles. The summed E-state index contributed by atoms with van der Waals surface area (Å²) in [5.41, 5.74) is 2.60. The molecule has 2 rings (SSSR count). The first-order valence-corrected chi connectivity index (χ1v) is 8.61. The molecule has 0 fully saturated rings. The van der Waals surface area contributed by atoms with Gasteiger partial charge in [-0.1, -0.05) is 29.8 Å². The van der Waals surface area contributed by atoms with Crippen LogP contribution in [-0.2, 0) is 6.42 Å². The minimum absolute atomic E-state index is 0.0995. The smallest absolute Gasteiger partial charge is 0.164 e. The van der Waals surface area contributed by atoms with Crippen LogP contribution in [0.25, 0.3) is 0 Å². The number of benzene rings is 2. The van der Waals surface area contributed by atoms with Crippen LogP contribution in [0.5, 0.6) is 0 Å². The van der Waals surface area contributed by atoms with Gasteiger partial charge in [-0.15, -0.1) is 0 Å². The van der Waals surface area contributed by atoms with Gasteiger partial charge in [0.15, 0.2) is 5.78 Å². The summed E-state index contributed by atoms with van der Waals surface area (Å²) in [6.07, 6.45) is 2.29. The maximum Gasteiger partial charge on any atom is 0.164 e. The summed E-state index contributed by atoms with van der Waals surface area (Å²) in [5.74, 6) is -0.389. The third-order valence-electron chi connectivity index (χ3n) is 4.06. The van der Waals surface area contributed by atoms with Crippen LogP contribution in [0.3, 0.4) is 0 Å². The quantitative estimate of drug-likeness (QED) is 0.385. The van der Waals surface area contributed by atoms with Crippen LogP contribution in [-0.4, -0.2) is 30.6 Å². The molecule has 0 spiro atoms. The molecule has 2 aromatic carbocycles. The van der Waals surface area contributed by atoms with Crippen LogP contribution >= 0.6 is 11.6 Å². The third-order valence-corrected chi connectivity index (χ3v) is 4.37. The zero-order valence-corrected chi connectivity index (χ0v) is 15.5. The lowest BCUT2D eigenvalue weighted by Crippen LogP contribution is -2.14. The number of aryl methyl sites for hydroxylation is 2. The molecule has 0 saturated carbocycles. The van der Waals surface area contributed by atoms with Crippen molar-refractivity contribution in [2.24, 2.45) is 4.99 Å². The van der Waals surface area contributed by atoms with E-state index in [4.69, 9.17) is 11.6 Å². The van der Waals surface area contributed by atoms with Gasteiger partial charge in [0.2, 0.25) is 0 Å². The van der Waals surface area contributed by atoms with Crippen molar-refractivity contribution in [3.8, 4) is 0 Å². The van der Waals surface area contributed by atoms with Crippen molar-refractivity contribution >= 4 is 29.4 Å². The minimum atomic E-state index is -0.290. The number of carbonyl (C=O) groups is 1. The van der Waals surface area contributed by atoms with E-state index in [1.165, 1.54) is 6.07 Å². The third kappa shape index (κ3) is 5.13. The lowest BCUT2D eigenvalue weighted by molar-refractivity contribution is 0.0982. The molecule has 3 nitrogen and oxygen atoms in total. The Morgan fingerprint density at radius 1 is 1.32 bits per heavy atom. The summed E-state index contributed by atoms with van der Waals surface area (Å²) in [5, 5.41) is 0.371. The van der Waals surface area contributed by atoms with Crippen molar-refractivity contribution in [2.45, 2.75) is 26.7 Å². The van der Waals surface area contributed by atoms with E-state index in [2.05, 4.69) is 4.99 Å². The van der Waals surface area contributed by atoms with Crippen molar-refractivity contribution in [3.63, 3.8) is 0 Å². The number of Topliss-reactive ketones (excluding diaryl/α,β-unsaturated/α-hetero) is 1. The molecule has 0 aliphatic rings. The predicted octanol–water partition coefficient (Wildman–Crippen LogP) is 5.21. The second kappa shape index (κ2) is 8.77. The average molecular weight is 361 g/mol. The maximum absolute atomic E-state index is 13.7. The zero-order chi connectivity index (χ0) is 18.4. The standard InChI is InChI=1S/C20H22ClFN2O/c1-4-24(3)13-23-19-12-17(21)16(11-14(19)2)20(25)10-9-15-7-5-6-8-18(15)22/h5-8,11-13H,4,9-10H2,1-3H3/b23-13-. The van der Waals surface area contributed by atoms with Crippen LogP contribution < -0.4 is 0 Å². The highest BCUT2D eigenvalue weighted by Gasteiger charge is 2.14. The largest absolute Gasteiger partial charge is 0.366 e. The lowest BCUT2D eigenvalue weighted by Gasteiger charge is -2.11. The molecule has 2 aromatic rings. The fraction of sp³-hybridized carbons (Fsp3) is 0.300. The molecule has 0 aromatic heterocycles. The summed E-state index contributed by atoms with van der Waals surface area (Å²) in [4.78, 5) is 18.8. The first-order valence-electron chi connectivity index (χ1n) is 8.23. The number of carbonyl (C=O) groups excluding carboxylic acids is 1. The van der Waals surface area contributed by atoms with E-state index >= 15 is 0 Å². The Labute approximate surface area is 153 Å². The van der Waals surface area contributed by atoms with E-state index in [0.29, 0.717) is 22.6 Å². The van der Waals surface area contributed by atoms with Crippen molar-refractivity contribution in [3.05, 3.63) is 63.9 Å². The topological polar surface area (TPSA) is 32.7 Å². The van der Waals surface area contributed by atoms with Gasteiger partial charge in [0.1, 0.15) is 5.82 Å². The van der Waals surface area contributed by atoms with Crippen molar-refractivity contribution in [1.29, 1.82) is 0 Å². The van der Waals surface area contributed by atoms with Gasteiger partial charge in [0.05, 0.1) is 17.0 Å². The molecule has 0 N–H and O–H groups in total. The van der Waals surface area contributed by atoms with Crippen molar-refractivity contribution < 1.29 is 9.18 Å². The zero-order valence-electron chi connectivity index (χ0n) is 14.7. The predicted molar refractivity (Wildman–Crippen MR) is 102 cm³/mol. The molecule has 0 aliphatic carbocycles.